The molecule has 0 aliphatic heterocycles. The van der Waals surface area contributed by atoms with Crippen LogP contribution in [0.2, 0.25) is 0 Å². The maximum Gasteiger partial charge on any atom is 0.303 e. The van der Waals surface area contributed by atoms with Crippen LogP contribution >= 0.6 is 0 Å². The normalized spacial score (nSPS) is 25.8. The Kier molecular flexibility index (Phi) is 5.83. The van der Waals surface area contributed by atoms with E-state index in [0.717, 1.165) is 12.8 Å². The molecule has 1 saturated carbocycles. The van der Waals surface area contributed by atoms with Gasteiger partial charge in [0.1, 0.15) is 0 Å². The van der Waals surface area contributed by atoms with E-state index in [2.05, 4.69) is 26.1 Å². The van der Waals surface area contributed by atoms with Gasteiger partial charge in [-0.15, -0.1) is 0 Å². The first kappa shape index (κ1) is 16.0. The van der Waals surface area contributed by atoms with Crippen molar-refractivity contribution in [3.05, 3.63) is 0 Å². The Balaban J connectivity index is 2.26. The second kappa shape index (κ2) is 6.92. The van der Waals surface area contributed by atoms with Crippen LogP contribution in [0.15, 0.2) is 0 Å². The van der Waals surface area contributed by atoms with Gasteiger partial charge >= 0.3 is 5.97 Å². The topological polar surface area (TPSA) is 66.4 Å². The average molecular weight is 269 g/mol. The molecule has 0 bridgehead atoms. The quantitative estimate of drug-likeness (QED) is 0.729. The molecule has 1 aliphatic carbocycles. The van der Waals surface area contributed by atoms with Gasteiger partial charge < -0.3 is 10.4 Å². The largest absolute Gasteiger partial charge is 0.481 e. The summed E-state index contributed by atoms with van der Waals surface area (Å²) in [5.74, 6) is 0.421. The number of hydrogen-bond acceptors (Lipinski definition) is 2. The molecule has 2 N–H and O–H groups in total. The van der Waals surface area contributed by atoms with E-state index in [0.29, 0.717) is 36.6 Å². The zero-order valence-electron chi connectivity index (χ0n) is 12.4. The fourth-order valence-electron chi connectivity index (χ4n) is 3.50. The van der Waals surface area contributed by atoms with E-state index >= 15 is 0 Å². The van der Waals surface area contributed by atoms with Crippen molar-refractivity contribution in [2.24, 2.45) is 17.3 Å². The van der Waals surface area contributed by atoms with Gasteiger partial charge in [0.15, 0.2) is 0 Å². The summed E-state index contributed by atoms with van der Waals surface area (Å²) in [6, 6.07) is 0. The molecular weight excluding hydrogens is 242 g/mol. The van der Waals surface area contributed by atoms with E-state index < -0.39 is 5.97 Å². The van der Waals surface area contributed by atoms with Crippen LogP contribution in [0, 0.1) is 17.3 Å². The molecule has 1 aliphatic rings. The summed E-state index contributed by atoms with van der Waals surface area (Å²) in [5, 5.41) is 11.3. The molecule has 0 radical (unpaired) electrons. The smallest absolute Gasteiger partial charge is 0.303 e. The molecule has 0 aromatic heterocycles. The first-order valence-electron chi connectivity index (χ1n) is 7.27. The van der Waals surface area contributed by atoms with Gasteiger partial charge in [0.05, 0.1) is 0 Å². The van der Waals surface area contributed by atoms with E-state index in [1.165, 1.54) is 6.42 Å². The van der Waals surface area contributed by atoms with E-state index in [1.807, 2.05) is 0 Å². The lowest BCUT2D eigenvalue weighted by atomic mass is 9.67. The number of carbonyl (C=O) groups excluding carboxylic acids is 1. The molecule has 4 heteroatoms. The van der Waals surface area contributed by atoms with Gasteiger partial charge in [0.25, 0.3) is 0 Å². The van der Waals surface area contributed by atoms with Gasteiger partial charge in [-0.2, -0.15) is 0 Å². The van der Waals surface area contributed by atoms with Gasteiger partial charge in [0, 0.05) is 19.4 Å². The van der Waals surface area contributed by atoms with E-state index in [9.17, 15) is 9.59 Å². The van der Waals surface area contributed by atoms with Crippen molar-refractivity contribution < 1.29 is 14.7 Å². The van der Waals surface area contributed by atoms with Crippen molar-refractivity contribution in [2.45, 2.75) is 59.3 Å². The Morgan fingerprint density at radius 2 is 2.00 bits per heavy atom. The predicted molar refractivity (Wildman–Crippen MR) is 74.8 cm³/mol. The highest BCUT2D eigenvalue weighted by atomic mass is 16.4. The number of hydrogen-bond donors (Lipinski definition) is 2. The monoisotopic (exact) mass is 269 g/mol. The minimum atomic E-state index is -0.808. The molecule has 0 spiro atoms. The Morgan fingerprint density at radius 3 is 2.58 bits per heavy atom. The first-order chi connectivity index (χ1) is 8.78. The van der Waals surface area contributed by atoms with Crippen LogP contribution < -0.4 is 5.32 Å². The molecular formula is C15H27NO3. The molecule has 1 amide bonds. The maximum atomic E-state index is 11.8. The van der Waals surface area contributed by atoms with Crippen LogP contribution in [-0.4, -0.2) is 23.5 Å². The summed E-state index contributed by atoms with van der Waals surface area (Å²) < 4.78 is 0. The summed E-state index contributed by atoms with van der Waals surface area (Å²) in [5.41, 5.74) is 0.339. The lowest BCUT2D eigenvalue weighted by Crippen LogP contribution is -2.32. The van der Waals surface area contributed by atoms with E-state index in [1.54, 1.807) is 0 Å². The zero-order chi connectivity index (χ0) is 14.5. The molecule has 110 valence electrons. The lowest BCUT2D eigenvalue weighted by Gasteiger charge is -2.38. The number of carboxylic acid groups (broad SMARTS) is 1. The average Bonchev–Trinajstić information content (AvgIpc) is 2.21. The second-order valence-electron chi connectivity index (χ2n) is 6.83. The molecule has 19 heavy (non-hydrogen) atoms. The van der Waals surface area contributed by atoms with Crippen molar-refractivity contribution in [3.8, 4) is 0 Å². The first-order valence-corrected chi connectivity index (χ1v) is 7.27. The highest BCUT2D eigenvalue weighted by Crippen LogP contribution is 2.42. The SMILES string of the molecule is CC1CC(CC(=O)NCCCC(=O)O)CC(C)(C)C1. The van der Waals surface area contributed by atoms with Crippen LogP contribution in [0.25, 0.3) is 0 Å². The minimum Gasteiger partial charge on any atom is -0.481 e. The third-order valence-corrected chi connectivity index (χ3v) is 3.84. The van der Waals surface area contributed by atoms with E-state index in [-0.39, 0.29) is 12.3 Å². The van der Waals surface area contributed by atoms with Crippen molar-refractivity contribution >= 4 is 11.9 Å². The molecule has 1 fully saturated rings. The van der Waals surface area contributed by atoms with Crippen LogP contribution in [-0.2, 0) is 9.59 Å². The van der Waals surface area contributed by atoms with Gasteiger partial charge in [0.2, 0.25) is 5.91 Å². The summed E-state index contributed by atoms with van der Waals surface area (Å²) in [6.07, 6.45) is 4.69. The number of aliphatic carboxylic acids is 1. The predicted octanol–water partition coefficient (Wildman–Crippen LogP) is 2.82. The third kappa shape index (κ3) is 6.60. The highest BCUT2D eigenvalue weighted by Gasteiger charge is 2.32. The number of carboxylic acids is 1. The van der Waals surface area contributed by atoms with Gasteiger partial charge in [-0.25, -0.2) is 0 Å². The fourth-order valence-corrected chi connectivity index (χ4v) is 3.50. The summed E-state index contributed by atoms with van der Waals surface area (Å²) >= 11 is 0. The molecule has 0 aromatic rings. The van der Waals surface area contributed by atoms with Gasteiger partial charge in [-0.05, 0) is 42.9 Å². The molecule has 4 nitrogen and oxygen atoms in total. The van der Waals surface area contributed by atoms with Crippen molar-refractivity contribution in [2.75, 3.05) is 6.54 Å². The van der Waals surface area contributed by atoms with E-state index in [4.69, 9.17) is 5.11 Å². The van der Waals surface area contributed by atoms with Crippen LogP contribution in [0.1, 0.15) is 59.3 Å². The number of nitrogens with one attached hydrogen (secondary N) is 1. The molecule has 0 aromatic carbocycles. The van der Waals surface area contributed by atoms with Crippen LogP contribution in [0.5, 0.6) is 0 Å². The fraction of sp³-hybridized carbons (Fsp3) is 0.867. The second-order valence-corrected chi connectivity index (χ2v) is 6.83. The Hall–Kier alpha value is -1.06. The maximum absolute atomic E-state index is 11.8. The van der Waals surface area contributed by atoms with Crippen LogP contribution in [0.3, 0.4) is 0 Å². The summed E-state index contributed by atoms with van der Waals surface area (Å²) in [6.45, 7) is 7.29. The lowest BCUT2D eigenvalue weighted by molar-refractivity contribution is -0.137. The number of amides is 1. The molecule has 2 unspecified atom stereocenters. The molecule has 0 heterocycles. The van der Waals surface area contributed by atoms with Gasteiger partial charge in [-0.1, -0.05) is 20.8 Å². The standard InChI is InChI=1S/C15H27NO3/c1-11-7-12(10-15(2,3)9-11)8-13(17)16-6-4-5-14(18)19/h11-12H,4-10H2,1-3H3,(H,16,17)(H,18,19). The molecule has 2 atom stereocenters. The number of rotatable bonds is 6. The van der Waals surface area contributed by atoms with Crippen molar-refractivity contribution in [1.29, 1.82) is 0 Å². The Morgan fingerprint density at radius 1 is 1.32 bits per heavy atom. The Bertz CT molecular complexity index is 325. The third-order valence-electron chi connectivity index (χ3n) is 3.84. The van der Waals surface area contributed by atoms with Crippen molar-refractivity contribution in [1.82, 2.24) is 5.32 Å². The highest BCUT2D eigenvalue weighted by molar-refractivity contribution is 5.76. The van der Waals surface area contributed by atoms with Crippen molar-refractivity contribution in [3.63, 3.8) is 0 Å². The molecule has 0 saturated heterocycles. The number of carbonyl (C=O) groups is 2. The van der Waals surface area contributed by atoms with Gasteiger partial charge in [-0.3, -0.25) is 9.59 Å². The zero-order valence-corrected chi connectivity index (χ0v) is 12.4. The minimum absolute atomic E-state index is 0.0697. The summed E-state index contributed by atoms with van der Waals surface area (Å²) in [4.78, 5) is 22.2. The molecule has 1 rings (SSSR count). The summed E-state index contributed by atoms with van der Waals surface area (Å²) in [7, 11) is 0. The van der Waals surface area contributed by atoms with Crippen LogP contribution in [0.4, 0.5) is 0 Å². The Labute approximate surface area is 116 Å².